The predicted octanol–water partition coefficient (Wildman–Crippen LogP) is 2.98. The molecule has 0 heterocycles. The Kier molecular flexibility index (Phi) is 6.15. The fraction of sp³-hybridized carbons (Fsp3) is 0.0455. The predicted molar refractivity (Wildman–Crippen MR) is 108 cm³/mol. The number of primary amides is 1. The van der Waals surface area contributed by atoms with Gasteiger partial charge in [-0.05, 0) is 53.1 Å². The van der Waals surface area contributed by atoms with Crippen LogP contribution in [0.1, 0.15) is 15.9 Å². The molecule has 3 N–H and O–H groups in total. The van der Waals surface area contributed by atoms with E-state index in [1.165, 1.54) is 6.21 Å². The van der Waals surface area contributed by atoms with Crippen molar-refractivity contribution in [3.05, 3.63) is 90.0 Å². The first kappa shape index (κ1) is 18.8. The van der Waals surface area contributed by atoms with Gasteiger partial charge in [-0.15, -0.1) is 0 Å². The van der Waals surface area contributed by atoms with E-state index >= 15 is 0 Å². The van der Waals surface area contributed by atoms with Gasteiger partial charge < -0.3 is 10.5 Å². The second-order valence-electron chi connectivity index (χ2n) is 5.97. The second-order valence-corrected chi connectivity index (χ2v) is 5.97. The summed E-state index contributed by atoms with van der Waals surface area (Å²) in [7, 11) is 0. The molecule has 0 spiro atoms. The van der Waals surface area contributed by atoms with Gasteiger partial charge in [0.05, 0.1) is 6.21 Å². The number of hydrogen-bond donors (Lipinski definition) is 2. The largest absolute Gasteiger partial charge is 0.484 e. The molecule has 3 rings (SSSR count). The van der Waals surface area contributed by atoms with Crippen LogP contribution in [0.2, 0.25) is 0 Å². The Balaban J connectivity index is 1.55. The SMILES string of the molecule is NC(=O)COc1ccc(/C=N\NC(=O)c2ccc(-c3ccccc3)cc2)cc1. The van der Waals surface area contributed by atoms with E-state index in [1.807, 2.05) is 42.5 Å². The molecular weight excluding hydrogens is 354 g/mol. The first-order valence-electron chi connectivity index (χ1n) is 8.62. The van der Waals surface area contributed by atoms with Crippen LogP contribution < -0.4 is 15.9 Å². The number of rotatable bonds is 7. The summed E-state index contributed by atoms with van der Waals surface area (Å²) in [6, 6.07) is 24.2. The fourth-order valence-electron chi connectivity index (χ4n) is 2.48. The average molecular weight is 373 g/mol. The molecule has 6 heteroatoms. The number of nitrogens with zero attached hydrogens (tertiary/aromatic N) is 1. The molecule has 0 aliphatic heterocycles. The minimum atomic E-state index is -0.537. The Bertz CT molecular complexity index is 966. The molecule has 0 fully saturated rings. The highest BCUT2D eigenvalue weighted by Crippen LogP contribution is 2.19. The van der Waals surface area contributed by atoms with Crippen LogP contribution in [0.3, 0.4) is 0 Å². The minimum Gasteiger partial charge on any atom is -0.484 e. The summed E-state index contributed by atoms with van der Waals surface area (Å²) in [6.45, 7) is -0.174. The van der Waals surface area contributed by atoms with Crippen LogP contribution in [-0.2, 0) is 4.79 Å². The minimum absolute atomic E-state index is 0.174. The highest BCUT2D eigenvalue weighted by Gasteiger charge is 2.05. The molecule has 0 saturated carbocycles. The summed E-state index contributed by atoms with van der Waals surface area (Å²) in [5, 5.41) is 3.96. The number of amides is 2. The molecule has 3 aromatic carbocycles. The van der Waals surface area contributed by atoms with E-state index < -0.39 is 5.91 Å². The summed E-state index contributed by atoms with van der Waals surface area (Å²) in [6.07, 6.45) is 1.52. The third kappa shape index (κ3) is 5.28. The molecule has 0 aromatic heterocycles. The van der Waals surface area contributed by atoms with Gasteiger partial charge in [-0.3, -0.25) is 9.59 Å². The molecule has 28 heavy (non-hydrogen) atoms. The van der Waals surface area contributed by atoms with Crippen molar-refractivity contribution < 1.29 is 14.3 Å². The quantitative estimate of drug-likeness (QED) is 0.492. The second kappa shape index (κ2) is 9.14. The summed E-state index contributed by atoms with van der Waals surface area (Å²) in [5.74, 6) is -0.305. The highest BCUT2D eigenvalue weighted by molar-refractivity contribution is 5.95. The maximum Gasteiger partial charge on any atom is 0.271 e. The molecular formula is C22H19N3O3. The summed E-state index contributed by atoms with van der Waals surface area (Å²) in [5.41, 5.74) is 10.9. The smallest absolute Gasteiger partial charge is 0.271 e. The maximum atomic E-state index is 12.2. The first-order valence-corrected chi connectivity index (χ1v) is 8.62. The standard InChI is InChI=1S/C22H19N3O3/c23-21(26)15-28-20-12-6-16(7-13-20)14-24-25-22(27)19-10-8-18(9-11-19)17-4-2-1-3-5-17/h1-14H,15H2,(H2,23,26)(H,25,27)/b24-14-. The number of benzene rings is 3. The Morgan fingerprint density at radius 3 is 2.18 bits per heavy atom. The van der Waals surface area contributed by atoms with Gasteiger partial charge >= 0.3 is 0 Å². The number of ether oxygens (including phenoxy) is 1. The molecule has 0 radical (unpaired) electrons. The van der Waals surface area contributed by atoms with Gasteiger partial charge in [0.25, 0.3) is 11.8 Å². The van der Waals surface area contributed by atoms with Crippen LogP contribution in [0.25, 0.3) is 11.1 Å². The van der Waals surface area contributed by atoms with Crippen molar-refractivity contribution >= 4 is 18.0 Å². The fourth-order valence-corrected chi connectivity index (χ4v) is 2.48. The van der Waals surface area contributed by atoms with Crippen molar-refractivity contribution in [1.29, 1.82) is 0 Å². The molecule has 0 atom stereocenters. The molecule has 0 aliphatic carbocycles. The van der Waals surface area contributed by atoms with E-state index in [0.717, 1.165) is 16.7 Å². The lowest BCUT2D eigenvalue weighted by Crippen LogP contribution is -2.20. The summed E-state index contributed by atoms with van der Waals surface area (Å²) in [4.78, 5) is 22.9. The third-order valence-electron chi connectivity index (χ3n) is 3.90. The molecule has 0 unspecified atom stereocenters. The Morgan fingerprint density at radius 2 is 1.54 bits per heavy atom. The number of nitrogens with one attached hydrogen (secondary N) is 1. The third-order valence-corrected chi connectivity index (χ3v) is 3.90. The number of hydrazone groups is 1. The van der Waals surface area contributed by atoms with Gasteiger partial charge in [0, 0.05) is 5.56 Å². The average Bonchev–Trinajstić information content (AvgIpc) is 2.74. The number of carbonyl (C=O) groups is 2. The van der Waals surface area contributed by atoms with Crippen LogP contribution in [0.15, 0.2) is 84.0 Å². The zero-order valence-corrected chi connectivity index (χ0v) is 15.0. The van der Waals surface area contributed by atoms with Gasteiger partial charge in [0.1, 0.15) is 5.75 Å². The van der Waals surface area contributed by atoms with Crippen molar-refractivity contribution in [3.63, 3.8) is 0 Å². The van der Waals surface area contributed by atoms with Crippen LogP contribution in [0, 0.1) is 0 Å². The van der Waals surface area contributed by atoms with Gasteiger partial charge in [0.15, 0.2) is 6.61 Å². The Labute approximate surface area is 162 Å². The highest BCUT2D eigenvalue weighted by atomic mass is 16.5. The van der Waals surface area contributed by atoms with E-state index in [9.17, 15) is 9.59 Å². The van der Waals surface area contributed by atoms with Crippen molar-refractivity contribution in [2.75, 3.05) is 6.61 Å². The van der Waals surface area contributed by atoms with E-state index in [0.29, 0.717) is 11.3 Å². The zero-order chi connectivity index (χ0) is 19.8. The first-order chi connectivity index (χ1) is 13.6. The normalized spacial score (nSPS) is 10.6. The van der Waals surface area contributed by atoms with Crippen LogP contribution in [-0.4, -0.2) is 24.6 Å². The molecule has 0 saturated heterocycles. The van der Waals surface area contributed by atoms with E-state index in [2.05, 4.69) is 10.5 Å². The number of nitrogens with two attached hydrogens (primary N) is 1. The van der Waals surface area contributed by atoms with Gasteiger partial charge in [-0.1, -0.05) is 42.5 Å². The Hall–Kier alpha value is -3.93. The van der Waals surface area contributed by atoms with Gasteiger partial charge in [0.2, 0.25) is 0 Å². The van der Waals surface area contributed by atoms with Crippen molar-refractivity contribution in [2.24, 2.45) is 10.8 Å². The summed E-state index contributed by atoms with van der Waals surface area (Å²) >= 11 is 0. The van der Waals surface area contributed by atoms with Crippen LogP contribution in [0.4, 0.5) is 0 Å². The summed E-state index contributed by atoms with van der Waals surface area (Å²) < 4.78 is 5.18. The van der Waals surface area contributed by atoms with Crippen LogP contribution >= 0.6 is 0 Å². The van der Waals surface area contributed by atoms with Crippen molar-refractivity contribution in [3.8, 4) is 16.9 Å². The molecule has 2 amide bonds. The van der Waals surface area contributed by atoms with E-state index in [1.54, 1.807) is 36.4 Å². The number of hydrogen-bond acceptors (Lipinski definition) is 4. The lowest BCUT2D eigenvalue weighted by Gasteiger charge is -2.04. The topological polar surface area (TPSA) is 93.8 Å². The van der Waals surface area contributed by atoms with E-state index in [-0.39, 0.29) is 12.5 Å². The Morgan fingerprint density at radius 1 is 0.893 bits per heavy atom. The molecule has 0 aliphatic rings. The van der Waals surface area contributed by atoms with Gasteiger partial charge in [-0.25, -0.2) is 5.43 Å². The van der Waals surface area contributed by atoms with Crippen molar-refractivity contribution in [1.82, 2.24) is 5.43 Å². The van der Waals surface area contributed by atoms with Crippen molar-refractivity contribution in [2.45, 2.75) is 0 Å². The monoisotopic (exact) mass is 373 g/mol. The van der Waals surface area contributed by atoms with Crippen LogP contribution in [0.5, 0.6) is 5.75 Å². The van der Waals surface area contributed by atoms with E-state index in [4.69, 9.17) is 10.5 Å². The molecule has 0 bridgehead atoms. The lowest BCUT2D eigenvalue weighted by atomic mass is 10.0. The maximum absolute atomic E-state index is 12.2. The zero-order valence-electron chi connectivity index (χ0n) is 15.0. The molecule has 6 nitrogen and oxygen atoms in total. The molecule has 3 aromatic rings. The lowest BCUT2D eigenvalue weighted by molar-refractivity contribution is -0.119. The number of carbonyl (C=O) groups excluding carboxylic acids is 2. The molecule has 140 valence electrons. The van der Waals surface area contributed by atoms with Gasteiger partial charge in [-0.2, -0.15) is 5.10 Å².